The Balaban J connectivity index is 1.57. The minimum Gasteiger partial charge on any atom is -0.497 e. The van der Waals surface area contributed by atoms with Crippen molar-refractivity contribution in [2.45, 2.75) is 25.3 Å². The molecule has 5 rings (SSSR count). The number of ketones is 2. The molecule has 5 nitrogen and oxygen atoms in total. The number of nitrogens with zero attached hydrogens (tertiary/aromatic N) is 1. The van der Waals surface area contributed by atoms with Crippen LogP contribution in [0.2, 0.25) is 0 Å². The molecule has 5 heteroatoms. The summed E-state index contributed by atoms with van der Waals surface area (Å²) in [4.78, 5) is 30.9. The maximum Gasteiger partial charge on any atom is 0.193 e. The Morgan fingerprint density at radius 3 is 2.50 bits per heavy atom. The lowest BCUT2D eigenvalue weighted by molar-refractivity contribution is -0.122. The molecular formula is C27H24N2O3. The standard InChI is InChI=1S/C27H24N2O3/c1-32-20-13-10-17(11-14-20)26-25-22(8-5-9-24(25)30)28-23-16-19(12-15-21(23)29-26)27(31)18-6-3-2-4-7-18/h2-4,6-7,10-16,25-26,29H,5,8-9H2,1H3. The number of anilines is 1. The molecule has 0 aromatic heterocycles. The van der Waals surface area contributed by atoms with Crippen LogP contribution in [0.25, 0.3) is 0 Å². The van der Waals surface area contributed by atoms with E-state index in [0.29, 0.717) is 23.2 Å². The van der Waals surface area contributed by atoms with Crippen molar-refractivity contribution in [2.75, 3.05) is 12.4 Å². The first-order valence-electron chi connectivity index (χ1n) is 10.9. The molecule has 2 unspecified atom stereocenters. The summed E-state index contributed by atoms with van der Waals surface area (Å²) in [6.07, 6.45) is 2.15. The van der Waals surface area contributed by atoms with Gasteiger partial charge in [-0.15, -0.1) is 0 Å². The zero-order valence-corrected chi connectivity index (χ0v) is 17.9. The summed E-state index contributed by atoms with van der Waals surface area (Å²) in [5.41, 5.74) is 4.66. The van der Waals surface area contributed by atoms with Gasteiger partial charge in [-0.05, 0) is 48.7 Å². The van der Waals surface area contributed by atoms with Gasteiger partial charge in [0.25, 0.3) is 0 Å². The number of ether oxygens (including phenoxy) is 1. The SMILES string of the molecule is COc1ccc(C2Nc3ccc(C(=O)c4ccccc4)cc3N=C3CCCC(=O)C32)cc1. The maximum atomic E-state index is 13.0. The molecule has 1 aliphatic carbocycles. The maximum absolute atomic E-state index is 13.0. The molecule has 1 heterocycles. The second-order valence-corrected chi connectivity index (χ2v) is 8.22. The molecule has 2 atom stereocenters. The predicted molar refractivity (Wildman–Crippen MR) is 125 cm³/mol. The van der Waals surface area contributed by atoms with Crippen LogP contribution in [0.1, 0.15) is 46.8 Å². The normalized spacial score (nSPS) is 19.7. The molecule has 1 fully saturated rings. The molecule has 32 heavy (non-hydrogen) atoms. The Labute approximate surface area is 187 Å². The fourth-order valence-electron chi connectivity index (χ4n) is 4.58. The predicted octanol–water partition coefficient (Wildman–Crippen LogP) is 5.53. The van der Waals surface area contributed by atoms with Crippen LogP contribution in [0, 0.1) is 5.92 Å². The van der Waals surface area contributed by atoms with Crippen molar-refractivity contribution >= 4 is 28.7 Å². The van der Waals surface area contributed by atoms with Crippen molar-refractivity contribution in [1.82, 2.24) is 0 Å². The lowest BCUT2D eigenvalue weighted by Gasteiger charge is -2.30. The Hall–Kier alpha value is -3.73. The van der Waals surface area contributed by atoms with Gasteiger partial charge in [0.15, 0.2) is 5.78 Å². The second-order valence-electron chi connectivity index (χ2n) is 8.22. The third-order valence-corrected chi connectivity index (χ3v) is 6.24. The quantitative estimate of drug-likeness (QED) is 0.559. The van der Waals surface area contributed by atoms with Gasteiger partial charge in [-0.1, -0.05) is 42.5 Å². The summed E-state index contributed by atoms with van der Waals surface area (Å²) < 4.78 is 5.29. The minimum absolute atomic E-state index is 0.0409. The highest BCUT2D eigenvalue weighted by Crippen LogP contribution is 2.41. The van der Waals surface area contributed by atoms with Gasteiger partial charge in [0, 0.05) is 23.3 Å². The molecule has 0 radical (unpaired) electrons. The van der Waals surface area contributed by atoms with Gasteiger partial charge in [-0.25, -0.2) is 0 Å². The number of rotatable bonds is 4. The number of Topliss-reactive ketones (excluding diaryl/α,β-unsaturated/α-hetero) is 1. The monoisotopic (exact) mass is 424 g/mol. The number of hydrogen-bond acceptors (Lipinski definition) is 5. The molecule has 3 aromatic rings. The van der Waals surface area contributed by atoms with Crippen molar-refractivity contribution in [3.8, 4) is 5.75 Å². The number of carbonyl (C=O) groups is 2. The van der Waals surface area contributed by atoms with Crippen LogP contribution >= 0.6 is 0 Å². The lowest BCUT2D eigenvalue weighted by Crippen LogP contribution is -2.36. The van der Waals surface area contributed by atoms with E-state index >= 15 is 0 Å². The molecule has 0 saturated heterocycles. The topological polar surface area (TPSA) is 67.8 Å². The van der Waals surface area contributed by atoms with Crippen LogP contribution in [0.15, 0.2) is 77.8 Å². The number of aliphatic imine (C=N–C) groups is 1. The van der Waals surface area contributed by atoms with Crippen LogP contribution in [0.3, 0.4) is 0 Å². The zero-order valence-electron chi connectivity index (χ0n) is 17.9. The summed E-state index contributed by atoms with van der Waals surface area (Å²) in [7, 11) is 1.64. The number of carbonyl (C=O) groups excluding carboxylic acids is 2. The number of hydrogen-bond donors (Lipinski definition) is 1. The van der Waals surface area contributed by atoms with E-state index in [1.165, 1.54) is 0 Å². The highest BCUT2D eigenvalue weighted by Gasteiger charge is 2.38. The van der Waals surface area contributed by atoms with E-state index in [2.05, 4.69) is 5.32 Å². The first-order chi connectivity index (χ1) is 15.6. The van der Waals surface area contributed by atoms with E-state index in [4.69, 9.17) is 9.73 Å². The molecule has 3 aromatic carbocycles. The van der Waals surface area contributed by atoms with E-state index in [0.717, 1.165) is 35.6 Å². The first kappa shape index (κ1) is 20.2. The van der Waals surface area contributed by atoms with Crippen molar-refractivity contribution < 1.29 is 14.3 Å². The highest BCUT2D eigenvalue weighted by molar-refractivity contribution is 6.12. The smallest absolute Gasteiger partial charge is 0.193 e. The van der Waals surface area contributed by atoms with E-state index in [1.54, 1.807) is 7.11 Å². The Morgan fingerprint density at radius 2 is 1.75 bits per heavy atom. The zero-order chi connectivity index (χ0) is 22.1. The van der Waals surface area contributed by atoms with Gasteiger partial charge in [0.2, 0.25) is 0 Å². The van der Waals surface area contributed by atoms with E-state index in [-0.39, 0.29) is 23.5 Å². The summed E-state index contributed by atoms with van der Waals surface area (Å²) in [6.45, 7) is 0. The Kier molecular flexibility index (Phi) is 5.31. The summed E-state index contributed by atoms with van der Waals surface area (Å²) >= 11 is 0. The van der Waals surface area contributed by atoms with Gasteiger partial charge in [-0.3, -0.25) is 14.6 Å². The molecule has 1 aliphatic heterocycles. The fraction of sp³-hybridized carbons (Fsp3) is 0.222. The number of benzene rings is 3. The third kappa shape index (κ3) is 3.71. The van der Waals surface area contributed by atoms with Gasteiger partial charge < -0.3 is 10.1 Å². The molecule has 0 spiro atoms. The summed E-state index contributed by atoms with van der Waals surface area (Å²) in [6, 6.07) is 22.4. The number of fused-ring (bicyclic) bond motifs is 2. The largest absolute Gasteiger partial charge is 0.497 e. The van der Waals surface area contributed by atoms with E-state index < -0.39 is 0 Å². The number of methoxy groups -OCH3 is 1. The average Bonchev–Trinajstić information content (AvgIpc) is 3.01. The van der Waals surface area contributed by atoms with Crippen LogP contribution in [0.5, 0.6) is 5.75 Å². The van der Waals surface area contributed by atoms with Crippen LogP contribution in [-0.4, -0.2) is 24.4 Å². The summed E-state index contributed by atoms with van der Waals surface area (Å²) in [5.74, 6) is 0.617. The first-order valence-corrected chi connectivity index (χ1v) is 10.9. The fourth-order valence-corrected chi connectivity index (χ4v) is 4.58. The lowest BCUT2D eigenvalue weighted by atomic mass is 9.78. The Morgan fingerprint density at radius 1 is 0.969 bits per heavy atom. The summed E-state index contributed by atoms with van der Waals surface area (Å²) in [5, 5.41) is 3.56. The molecule has 1 N–H and O–H groups in total. The van der Waals surface area contributed by atoms with E-state index in [1.807, 2.05) is 72.8 Å². The van der Waals surface area contributed by atoms with Crippen LogP contribution in [0.4, 0.5) is 11.4 Å². The van der Waals surface area contributed by atoms with Crippen LogP contribution in [-0.2, 0) is 4.79 Å². The van der Waals surface area contributed by atoms with Gasteiger partial charge in [0.05, 0.1) is 30.4 Å². The highest BCUT2D eigenvalue weighted by atomic mass is 16.5. The van der Waals surface area contributed by atoms with Crippen molar-refractivity contribution in [3.05, 3.63) is 89.5 Å². The van der Waals surface area contributed by atoms with Gasteiger partial charge >= 0.3 is 0 Å². The van der Waals surface area contributed by atoms with Crippen molar-refractivity contribution in [3.63, 3.8) is 0 Å². The second kappa shape index (κ2) is 8.42. The molecule has 2 aliphatic rings. The Bertz CT molecular complexity index is 1200. The van der Waals surface area contributed by atoms with Crippen LogP contribution < -0.4 is 10.1 Å². The van der Waals surface area contributed by atoms with Crippen molar-refractivity contribution in [1.29, 1.82) is 0 Å². The average molecular weight is 425 g/mol. The molecule has 160 valence electrons. The molecule has 0 bridgehead atoms. The molecular weight excluding hydrogens is 400 g/mol. The third-order valence-electron chi connectivity index (χ3n) is 6.24. The molecule has 0 amide bonds. The van der Waals surface area contributed by atoms with Gasteiger partial charge in [-0.2, -0.15) is 0 Å². The molecule has 1 saturated carbocycles. The minimum atomic E-state index is -0.321. The number of nitrogens with one attached hydrogen (secondary N) is 1. The van der Waals surface area contributed by atoms with E-state index in [9.17, 15) is 9.59 Å². The van der Waals surface area contributed by atoms with Gasteiger partial charge in [0.1, 0.15) is 11.5 Å². The van der Waals surface area contributed by atoms with Crippen molar-refractivity contribution in [2.24, 2.45) is 10.9 Å².